The van der Waals surface area contributed by atoms with E-state index in [1.165, 1.54) is 36.6 Å². The van der Waals surface area contributed by atoms with Crippen LogP contribution in [0.4, 0.5) is 0 Å². The summed E-state index contributed by atoms with van der Waals surface area (Å²) in [6.07, 6.45) is 5.68. The van der Waals surface area contributed by atoms with Gasteiger partial charge in [-0.1, -0.05) is 38.5 Å². The number of thioether (sulfide) groups is 1. The Morgan fingerprint density at radius 3 is 2.87 bits per heavy atom. The number of amidine groups is 1. The van der Waals surface area contributed by atoms with E-state index >= 15 is 0 Å². The Balaban J connectivity index is 1.60. The third-order valence-corrected chi connectivity index (χ3v) is 4.49. The second-order valence-corrected chi connectivity index (χ2v) is 6.55. The van der Waals surface area contributed by atoms with Crippen LogP contribution in [0.2, 0.25) is 0 Å². The van der Waals surface area contributed by atoms with Crippen LogP contribution >= 0.6 is 11.8 Å². The molecule has 2 aliphatic rings. The summed E-state index contributed by atoms with van der Waals surface area (Å²) in [5.74, 6) is 2.26. The van der Waals surface area contributed by atoms with E-state index in [0.29, 0.717) is 5.41 Å². The van der Waals surface area contributed by atoms with Crippen molar-refractivity contribution >= 4 is 16.9 Å². The Hall–Kier alpha value is -0.180. The van der Waals surface area contributed by atoms with Crippen LogP contribution in [0.1, 0.15) is 39.5 Å². The minimum atomic E-state index is 0.393. The molecule has 0 aromatic heterocycles. The van der Waals surface area contributed by atoms with Gasteiger partial charge in [-0.05, 0) is 24.2 Å². The van der Waals surface area contributed by atoms with Crippen LogP contribution in [0.3, 0.4) is 0 Å². The van der Waals surface area contributed by atoms with Gasteiger partial charge in [0.15, 0.2) is 5.17 Å². The molecule has 1 fully saturated rings. The molecule has 1 saturated carbocycles. The molecule has 2 nitrogen and oxygen atoms in total. The summed E-state index contributed by atoms with van der Waals surface area (Å²) in [6, 6.07) is 0. The maximum Gasteiger partial charge on any atom is 0.156 e. The maximum atomic E-state index is 4.58. The third-order valence-electron chi connectivity index (χ3n) is 3.01. The third kappa shape index (κ3) is 4.06. The molecule has 3 heteroatoms. The van der Waals surface area contributed by atoms with Crippen molar-refractivity contribution in [3.05, 3.63) is 0 Å². The summed E-state index contributed by atoms with van der Waals surface area (Å²) in [6.45, 7) is 6.66. The molecule has 1 aliphatic carbocycles. The molecule has 2 rings (SSSR count). The smallest absolute Gasteiger partial charge is 0.156 e. The van der Waals surface area contributed by atoms with E-state index in [2.05, 4.69) is 24.2 Å². The van der Waals surface area contributed by atoms with Gasteiger partial charge < -0.3 is 5.32 Å². The second kappa shape index (κ2) is 4.77. The number of aliphatic imine (C=N–C) groups is 1. The zero-order chi connectivity index (χ0) is 10.7. The fourth-order valence-electron chi connectivity index (χ4n) is 1.74. The topological polar surface area (TPSA) is 24.4 Å². The van der Waals surface area contributed by atoms with Crippen molar-refractivity contribution in [2.45, 2.75) is 39.5 Å². The summed E-state index contributed by atoms with van der Waals surface area (Å²) in [5.41, 5.74) is 0.393. The quantitative estimate of drug-likeness (QED) is 0.745. The Kier molecular flexibility index (Phi) is 3.60. The predicted molar refractivity (Wildman–Crippen MR) is 68.5 cm³/mol. The SMILES string of the molecule is CC1(C)CN=C(NCCCC2CC2)SC1. The number of nitrogens with zero attached hydrogens (tertiary/aromatic N) is 1. The van der Waals surface area contributed by atoms with Gasteiger partial charge in [0.2, 0.25) is 0 Å². The van der Waals surface area contributed by atoms with Crippen LogP contribution in [-0.2, 0) is 0 Å². The van der Waals surface area contributed by atoms with Crippen molar-refractivity contribution in [2.24, 2.45) is 16.3 Å². The van der Waals surface area contributed by atoms with Crippen LogP contribution in [0.5, 0.6) is 0 Å². The molecule has 0 amide bonds. The van der Waals surface area contributed by atoms with Crippen molar-refractivity contribution in [1.82, 2.24) is 5.32 Å². The molecule has 1 aliphatic heterocycles. The highest BCUT2D eigenvalue weighted by Gasteiger charge is 2.23. The molecule has 0 bridgehead atoms. The van der Waals surface area contributed by atoms with Crippen LogP contribution in [0, 0.1) is 11.3 Å². The number of hydrogen-bond acceptors (Lipinski definition) is 3. The van der Waals surface area contributed by atoms with Gasteiger partial charge in [0.05, 0.1) is 0 Å². The lowest BCUT2D eigenvalue weighted by Crippen LogP contribution is -2.31. The average molecular weight is 226 g/mol. The number of rotatable bonds is 4. The van der Waals surface area contributed by atoms with Gasteiger partial charge in [-0.15, -0.1) is 0 Å². The van der Waals surface area contributed by atoms with Crippen molar-refractivity contribution in [3.8, 4) is 0 Å². The zero-order valence-corrected chi connectivity index (χ0v) is 10.7. The van der Waals surface area contributed by atoms with Crippen molar-refractivity contribution in [2.75, 3.05) is 18.8 Å². The molecular weight excluding hydrogens is 204 g/mol. The van der Waals surface area contributed by atoms with Gasteiger partial charge in [0, 0.05) is 18.8 Å². The molecule has 1 heterocycles. The standard InChI is InChI=1S/C12H22N2S/c1-12(2)8-14-11(15-9-12)13-7-3-4-10-5-6-10/h10H,3-9H2,1-2H3,(H,13,14). The number of hydrogen-bond donors (Lipinski definition) is 1. The van der Waals surface area contributed by atoms with Gasteiger partial charge in [0.25, 0.3) is 0 Å². The molecule has 15 heavy (non-hydrogen) atoms. The monoisotopic (exact) mass is 226 g/mol. The largest absolute Gasteiger partial charge is 0.365 e. The van der Waals surface area contributed by atoms with Crippen LogP contribution in [0.25, 0.3) is 0 Å². The highest BCUT2D eigenvalue weighted by Crippen LogP contribution is 2.33. The van der Waals surface area contributed by atoms with Crippen LogP contribution in [0.15, 0.2) is 4.99 Å². The van der Waals surface area contributed by atoms with Gasteiger partial charge in [-0.2, -0.15) is 0 Å². The fourth-order valence-corrected chi connectivity index (χ4v) is 2.72. The van der Waals surface area contributed by atoms with Gasteiger partial charge in [-0.25, -0.2) is 0 Å². The highest BCUT2D eigenvalue weighted by molar-refractivity contribution is 8.13. The first-order chi connectivity index (χ1) is 7.16. The molecule has 0 unspecified atom stereocenters. The minimum Gasteiger partial charge on any atom is -0.365 e. The van der Waals surface area contributed by atoms with E-state index in [1.807, 2.05) is 11.8 Å². The molecule has 86 valence electrons. The first-order valence-electron chi connectivity index (χ1n) is 6.07. The lowest BCUT2D eigenvalue weighted by Gasteiger charge is -2.27. The van der Waals surface area contributed by atoms with Gasteiger partial charge in [-0.3, -0.25) is 4.99 Å². The lowest BCUT2D eigenvalue weighted by atomic mass is 9.97. The summed E-state index contributed by atoms with van der Waals surface area (Å²) in [7, 11) is 0. The van der Waals surface area contributed by atoms with Crippen LogP contribution < -0.4 is 5.32 Å². The second-order valence-electron chi connectivity index (χ2n) is 5.59. The Labute approximate surface area is 97.3 Å². The average Bonchev–Trinajstić information content (AvgIpc) is 2.98. The molecule has 0 saturated heterocycles. The van der Waals surface area contributed by atoms with Crippen molar-refractivity contribution in [3.63, 3.8) is 0 Å². The first-order valence-corrected chi connectivity index (χ1v) is 7.05. The maximum absolute atomic E-state index is 4.58. The summed E-state index contributed by atoms with van der Waals surface area (Å²) < 4.78 is 0. The Morgan fingerprint density at radius 2 is 2.27 bits per heavy atom. The van der Waals surface area contributed by atoms with E-state index in [9.17, 15) is 0 Å². The van der Waals surface area contributed by atoms with E-state index in [-0.39, 0.29) is 0 Å². The molecule has 0 aromatic carbocycles. The minimum absolute atomic E-state index is 0.393. The normalized spacial score (nSPS) is 24.8. The van der Waals surface area contributed by atoms with Crippen molar-refractivity contribution < 1.29 is 0 Å². The fraction of sp³-hybridized carbons (Fsp3) is 0.917. The Morgan fingerprint density at radius 1 is 1.47 bits per heavy atom. The van der Waals surface area contributed by atoms with E-state index < -0.39 is 0 Å². The Bertz CT molecular complexity index is 244. The molecule has 0 radical (unpaired) electrons. The molecular formula is C12H22N2S. The summed E-state index contributed by atoms with van der Waals surface area (Å²) >= 11 is 1.88. The van der Waals surface area contributed by atoms with E-state index in [4.69, 9.17) is 0 Å². The number of nitrogens with one attached hydrogen (secondary N) is 1. The molecule has 0 aromatic rings. The van der Waals surface area contributed by atoms with Crippen LogP contribution in [-0.4, -0.2) is 24.0 Å². The summed E-state index contributed by atoms with van der Waals surface area (Å²) in [4.78, 5) is 4.58. The zero-order valence-electron chi connectivity index (χ0n) is 9.88. The first kappa shape index (κ1) is 11.3. The molecule has 0 spiro atoms. The predicted octanol–water partition coefficient (Wildman–Crippen LogP) is 2.90. The van der Waals surface area contributed by atoms with E-state index in [0.717, 1.165) is 19.0 Å². The van der Waals surface area contributed by atoms with Gasteiger partial charge in [0.1, 0.15) is 0 Å². The van der Waals surface area contributed by atoms with Gasteiger partial charge >= 0.3 is 0 Å². The van der Waals surface area contributed by atoms with Crippen molar-refractivity contribution in [1.29, 1.82) is 0 Å². The molecule has 0 atom stereocenters. The van der Waals surface area contributed by atoms with E-state index in [1.54, 1.807) is 0 Å². The lowest BCUT2D eigenvalue weighted by molar-refractivity contribution is 0.436. The highest BCUT2D eigenvalue weighted by atomic mass is 32.2. The molecule has 1 N–H and O–H groups in total. The summed E-state index contributed by atoms with van der Waals surface area (Å²) in [5, 5.41) is 4.63.